The summed E-state index contributed by atoms with van der Waals surface area (Å²) in [6, 6.07) is 15.3. The first-order valence-electron chi connectivity index (χ1n) is 7.54. The summed E-state index contributed by atoms with van der Waals surface area (Å²) in [6.45, 7) is 8.71. The highest BCUT2D eigenvalue weighted by Crippen LogP contribution is 2.38. The summed E-state index contributed by atoms with van der Waals surface area (Å²) in [5, 5.41) is 3.42. The van der Waals surface area contributed by atoms with Gasteiger partial charge in [0.1, 0.15) is 0 Å². The van der Waals surface area contributed by atoms with E-state index >= 15 is 0 Å². The van der Waals surface area contributed by atoms with Crippen molar-refractivity contribution in [2.24, 2.45) is 0 Å². The predicted octanol–water partition coefficient (Wildman–Crippen LogP) is 3.86. The maximum Gasteiger partial charge on any atom is 0.0508 e. The van der Waals surface area contributed by atoms with Crippen molar-refractivity contribution in [1.82, 2.24) is 5.32 Å². The van der Waals surface area contributed by atoms with E-state index in [1.165, 1.54) is 26.6 Å². The monoisotopic (exact) mass is 298 g/mol. The maximum atomic E-state index is 3.42. The van der Waals surface area contributed by atoms with Crippen molar-refractivity contribution in [3.63, 3.8) is 0 Å². The molecule has 0 radical (unpaired) electrons. The third-order valence-electron chi connectivity index (χ3n) is 3.94. The Labute approximate surface area is 131 Å². The number of anilines is 1. The van der Waals surface area contributed by atoms with Gasteiger partial charge in [0.15, 0.2) is 0 Å². The Balaban J connectivity index is 1.92. The summed E-state index contributed by atoms with van der Waals surface area (Å²) < 4.78 is 0. The molecule has 0 bridgehead atoms. The zero-order chi connectivity index (χ0) is 14.7. The topological polar surface area (TPSA) is 15.3 Å². The highest BCUT2D eigenvalue weighted by Gasteiger charge is 2.15. The van der Waals surface area contributed by atoms with Gasteiger partial charge in [0, 0.05) is 36.0 Å². The first kappa shape index (κ1) is 14.5. The second-order valence-corrected chi connectivity index (χ2v) is 6.58. The second-order valence-electron chi connectivity index (χ2n) is 5.53. The van der Waals surface area contributed by atoms with Gasteiger partial charge in [-0.25, -0.2) is 0 Å². The van der Waals surface area contributed by atoms with Gasteiger partial charge in [0.25, 0.3) is 0 Å². The molecule has 0 aliphatic carbocycles. The lowest BCUT2D eigenvalue weighted by atomic mass is 10.2. The molecule has 0 aromatic heterocycles. The molecule has 1 aliphatic rings. The predicted molar refractivity (Wildman–Crippen MR) is 91.6 cm³/mol. The molecule has 110 valence electrons. The molecule has 2 aromatic carbocycles. The lowest BCUT2D eigenvalue weighted by Gasteiger charge is -2.31. The standard InChI is InChI=1S/C18H22N2S/c1-14-6-5-7-15(2)18(14)21-17-9-4-3-8-16(17)20-12-10-19-11-13-20/h3-9,19H,10-13H2,1-2H3. The summed E-state index contributed by atoms with van der Waals surface area (Å²) in [5.74, 6) is 0. The molecule has 0 unspecified atom stereocenters. The van der Waals surface area contributed by atoms with Crippen LogP contribution in [0.15, 0.2) is 52.3 Å². The Bertz CT molecular complexity index is 598. The molecule has 0 saturated carbocycles. The Kier molecular flexibility index (Phi) is 4.51. The third-order valence-corrected chi connectivity index (χ3v) is 5.36. The van der Waals surface area contributed by atoms with Crippen molar-refractivity contribution in [3.05, 3.63) is 53.6 Å². The molecule has 0 atom stereocenters. The average molecular weight is 298 g/mol. The summed E-state index contributed by atoms with van der Waals surface area (Å²) in [4.78, 5) is 5.24. The molecule has 1 aliphatic heterocycles. The van der Waals surface area contributed by atoms with E-state index in [1.54, 1.807) is 0 Å². The summed E-state index contributed by atoms with van der Waals surface area (Å²) in [7, 11) is 0. The molecular formula is C18H22N2S. The molecule has 1 saturated heterocycles. The molecule has 1 fully saturated rings. The van der Waals surface area contributed by atoms with E-state index < -0.39 is 0 Å². The molecule has 1 heterocycles. The maximum absolute atomic E-state index is 3.42. The highest BCUT2D eigenvalue weighted by atomic mass is 32.2. The smallest absolute Gasteiger partial charge is 0.0508 e. The minimum Gasteiger partial charge on any atom is -0.368 e. The lowest BCUT2D eigenvalue weighted by molar-refractivity contribution is 0.587. The third kappa shape index (κ3) is 3.25. The highest BCUT2D eigenvalue weighted by molar-refractivity contribution is 7.99. The molecule has 0 spiro atoms. The van der Waals surface area contributed by atoms with E-state index in [2.05, 4.69) is 66.5 Å². The SMILES string of the molecule is Cc1cccc(C)c1Sc1ccccc1N1CCNCC1. The van der Waals surface area contributed by atoms with Crippen LogP contribution in [0.1, 0.15) is 11.1 Å². The summed E-state index contributed by atoms with van der Waals surface area (Å²) in [5.41, 5.74) is 4.08. The van der Waals surface area contributed by atoms with E-state index in [0.29, 0.717) is 0 Å². The fraction of sp³-hybridized carbons (Fsp3) is 0.333. The number of nitrogens with zero attached hydrogens (tertiary/aromatic N) is 1. The van der Waals surface area contributed by atoms with Gasteiger partial charge in [-0.1, -0.05) is 42.1 Å². The molecule has 2 nitrogen and oxygen atoms in total. The molecule has 2 aromatic rings. The van der Waals surface area contributed by atoms with Crippen molar-refractivity contribution in [3.8, 4) is 0 Å². The fourth-order valence-electron chi connectivity index (χ4n) is 2.78. The van der Waals surface area contributed by atoms with Crippen LogP contribution >= 0.6 is 11.8 Å². The number of hydrogen-bond acceptors (Lipinski definition) is 3. The van der Waals surface area contributed by atoms with Gasteiger partial charge in [-0.15, -0.1) is 0 Å². The average Bonchev–Trinajstić information content (AvgIpc) is 2.52. The van der Waals surface area contributed by atoms with Gasteiger partial charge in [-0.05, 0) is 37.1 Å². The van der Waals surface area contributed by atoms with Crippen LogP contribution in [0.2, 0.25) is 0 Å². The zero-order valence-electron chi connectivity index (χ0n) is 12.7. The fourth-order valence-corrected chi connectivity index (χ4v) is 3.91. The van der Waals surface area contributed by atoms with Crippen LogP contribution in [-0.2, 0) is 0 Å². The van der Waals surface area contributed by atoms with Gasteiger partial charge in [-0.2, -0.15) is 0 Å². The van der Waals surface area contributed by atoms with E-state index in [4.69, 9.17) is 0 Å². The quantitative estimate of drug-likeness (QED) is 0.926. The van der Waals surface area contributed by atoms with Gasteiger partial charge >= 0.3 is 0 Å². The molecule has 1 N–H and O–H groups in total. The summed E-state index contributed by atoms with van der Waals surface area (Å²) >= 11 is 1.90. The molecule has 3 heteroatoms. The number of nitrogens with one attached hydrogen (secondary N) is 1. The number of piperazine rings is 1. The second kappa shape index (κ2) is 6.54. The van der Waals surface area contributed by atoms with Crippen LogP contribution in [0.25, 0.3) is 0 Å². The van der Waals surface area contributed by atoms with Crippen LogP contribution in [0.3, 0.4) is 0 Å². The van der Waals surface area contributed by atoms with Crippen molar-refractivity contribution in [2.45, 2.75) is 23.6 Å². The number of aryl methyl sites for hydroxylation is 2. The Morgan fingerprint density at radius 1 is 0.905 bits per heavy atom. The minimum atomic E-state index is 1.07. The van der Waals surface area contributed by atoms with Crippen molar-refractivity contribution < 1.29 is 0 Å². The normalized spacial score (nSPS) is 15.2. The molecule has 3 rings (SSSR count). The van der Waals surface area contributed by atoms with E-state index in [-0.39, 0.29) is 0 Å². The van der Waals surface area contributed by atoms with Gasteiger partial charge < -0.3 is 10.2 Å². The first-order chi connectivity index (χ1) is 10.3. The Morgan fingerprint density at radius 3 is 2.29 bits per heavy atom. The van der Waals surface area contributed by atoms with Gasteiger partial charge in [0.2, 0.25) is 0 Å². The molecule has 21 heavy (non-hydrogen) atoms. The van der Waals surface area contributed by atoms with Crippen LogP contribution < -0.4 is 10.2 Å². The zero-order valence-corrected chi connectivity index (χ0v) is 13.5. The van der Waals surface area contributed by atoms with Gasteiger partial charge in [0.05, 0.1) is 5.69 Å². The van der Waals surface area contributed by atoms with E-state index in [1.807, 2.05) is 11.8 Å². The van der Waals surface area contributed by atoms with E-state index in [9.17, 15) is 0 Å². The van der Waals surface area contributed by atoms with Crippen molar-refractivity contribution in [2.75, 3.05) is 31.1 Å². The van der Waals surface area contributed by atoms with Crippen LogP contribution in [0.5, 0.6) is 0 Å². The number of benzene rings is 2. The van der Waals surface area contributed by atoms with Crippen LogP contribution in [-0.4, -0.2) is 26.2 Å². The number of rotatable bonds is 3. The van der Waals surface area contributed by atoms with Gasteiger partial charge in [-0.3, -0.25) is 0 Å². The largest absolute Gasteiger partial charge is 0.368 e. The summed E-state index contributed by atoms with van der Waals surface area (Å²) in [6.07, 6.45) is 0. The first-order valence-corrected chi connectivity index (χ1v) is 8.36. The van der Waals surface area contributed by atoms with Crippen LogP contribution in [0, 0.1) is 13.8 Å². The lowest BCUT2D eigenvalue weighted by Crippen LogP contribution is -2.43. The van der Waals surface area contributed by atoms with Crippen molar-refractivity contribution in [1.29, 1.82) is 0 Å². The van der Waals surface area contributed by atoms with Crippen molar-refractivity contribution >= 4 is 17.4 Å². The number of para-hydroxylation sites is 1. The number of hydrogen-bond donors (Lipinski definition) is 1. The van der Waals surface area contributed by atoms with E-state index in [0.717, 1.165) is 26.2 Å². The Hall–Kier alpha value is -1.45. The molecular weight excluding hydrogens is 276 g/mol. The molecule has 0 amide bonds. The minimum absolute atomic E-state index is 1.07. The Morgan fingerprint density at radius 2 is 1.57 bits per heavy atom. The van der Waals surface area contributed by atoms with Crippen LogP contribution in [0.4, 0.5) is 5.69 Å².